The largest absolute Gasteiger partial charge is 0.480 e. The zero-order chi connectivity index (χ0) is 14.1. The molecule has 1 aliphatic rings. The number of hydrogen-bond acceptors (Lipinski definition) is 3. The van der Waals surface area contributed by atoms with Gasteiger partial charge in [0.2, 0.25) is 0 Å². The van der Waals surface area contributed by atoms with Gasteiger partial charge in [0.1, 0.15) is 6.04 Å². The van der Waals surface area contributed by atoms with E-state index in [2.05, 4.69) is 0 Å². The average Bonchev–Trinajstić information content (AvgIpc) is 2.69. The topological polar surface area (TPSA) is 81.1 Å². The summed E-state index contributed by atoms with van der Waals surface area (Å²) in [6, 6.07) is -1.27. The number of amides is 2. The Morgan fingerprint density at radius 2 is 2.00 bits per heavy atom. The third-order valence-corrected chi connectivity index (χ3v) is 3.87. The van der Waals surface area contributed by atoms with Crippen molar-refractivity contribution in [3.63, 3.8) is 0 Å². The van der Waals surface area contributed by atoms with Gasteiger partial charge in [0, 0.05) is 25.6 Å². The van der Waals surface area contributed by atoms with Crippen molar-refractivity contribution in [3.05, 3.63) is 0 Å². The van der Waals surface area contributed by atoms with Crippen LogP contribution in [0.5, 0.6) is 0 Å². The highest BCUT2D eigenvalue weighted by Gasteiger charge is 2.42. The number of aliphatic hydroxyl groups excluding tert-OH is 1. The Balaban J connectivity index is 2.86. The number of hydrogen-bond donors (Lipinski definition) is 2. The number of aliphatic carboxylic acids is 1. The van der Waals surface area contributed by atoms with Crippen LogP contribution in [-0.4, -0.2) is 63.3 Å². The summed E-state index contributed by atoms with van der Waals surface area (Å²) in [5.41, 5.74) is -0.340. The Bertz CT molecular complexity index is 343. The van der Waals surface area contributed by atoms with E-state index in [1.165, 1.54) is 4.90 Å². The van der Waals surface area contributed by atoms with Crippen LogP contribution in [0.4, 0.5) is 4.79 Å². The molecule has 1 aliphatic heterocycles. The maximum Gasteiger partial charge on any atom is 0.326 e. The second-order valence-electron chi connectivity index (χ2n) is 5.40. The molecule has 1 rings (SSSR count). The zero-order valence-corrected chi connectivity index (χ0v) is 11.4. The predicted molar refractivity (Wildman–Crippen MR) is 66.3 cm³/mol. The Morgan fingerprint density at radius 1 is 1.44 bits per heavy atom. The summed E-state index contributed by atoms with van der Waals surface area (Å²) in [5.74, 6) is -1.07. The van der Waals surface area contributed by atoms with Gasteiger partial charge in [0.25, 0.3) is 0 Å². The second-order valence-corrected chi connectivity index (χ2v) is 5.40. The molecule has 0 bridgehead atoms. The number of carboxylic acid groups (broad SMARTS) is 1. The smallest absolute Gasteiger partial charge is 0.326 e. The minimum Gasteiger partial charge on any atom is -0.480 e. The molecule has 1 heterocycles. The lowest BCUT2D eigenvalue weighted by molar-refractivity contribution is -0.141. The fourth-order valence-electron chi connectivity index (χ4n) is 1.95. The van der Waals surface area contributed by atoms with Crippen molar-refractivity contribution < 1.29 is 19.8 Å². The van der Waals surface area contributed by atoms with Crippen LogP contribution in [0.3, 0.4) is 0 Å². The second kappa shape index (κ2) is 5.14. The summed E-state index contributed by atoms with van der Waals surface area (Å²) in [5, 5.41) is 18.6. The van der Waals surface area contributed by atoms with E-state index in [-0.39, 0.29) is 24.5 Å². The monoisotopic (exact) mass is 258 g/mol. The fraction of sp³-hybridized carbons (Fsp3) is 0.833. The quantitative estimate of drug-likeness (QED) is 0.782. The molecule has 0 aromatic heterocycles. The van der Waals surface area contributed by atoms with Crippen molar-refractivity contribution in [1.29, 1.82) is 0 Å². The molecule has 0 aromatic rings. The SMILES string of the molecule is CCC(C)(C)N(C)C(=O)N1C[C@H](O)C[C@H]1C(=O)O. The molecule has 6 nitrogen and oxygen atoms in total. The van der Waals surface area contributed by atoms with Gasteiger partial charge in [-0.2, -0.15) is 0 Å². The molecule has 2 amide bonds. The van der Waals surface area contributed by atoms with Crippen LogP contribution in [0.25, 0.3) is 0 Å². The number of nitrogens with zero attached hydrogens (tertiary/aromatic N) is 2. The summed E-state index contributed by atoms with van der Waals surface area (Å²) in [6.07, 6.45) is 0.110. The van der Waals surface area contributed by atoms with E-state index < -0.39 is 18.1 Å². The van der Waals surface area contributed by atoms with Crippen molar-refractivity contribution in [3.8, 4) is 0 Å². The van der Waals surface area contributed by atoms with E-state index in [0.717, 1.165) is 6.42 Å². The zero-order valence-electron chi connectivity index (χ0n) is 11.4. The van der Waals surface area contributed by atoms with Crippen molar-refractivity contribution in [2.24, 2.45) is 0 Å². The number of carbonyl (C=O) groups is 2. The number of carbonyl (C=O) groups excluding carboxylic acids is 1. The molecule has 2 atom stereocenters. The number of carboxylic acids is 1. The highest BCUT2D eigenvalue weighted by molar-refractivity contribution is 5.83. The molecular formula is C12H22N2O4. The average molecular weight is 258 g/mol. The van der Waals surface area contributed by atoms with E-state index in [4.69, 9.17) is 5.11 Å². The lowest BCUT2D eigenvalue weighted by Crippen LogP contribution is -2.53. The Hall–Kier alpha value is -1.30. The molecule has 0 spiro atoms. The van der Waals surface area contributed by atoms with E-state index in [1.54, 1.807) is 11.9 Å². The minimum absolute atomic E-state index is 0.0833. The summed E-state index contributed by atoms with van der Waals surface area (Å²) in [6.45, 7) is 5.90. The Labute approximate surface area is 107 Å². The van der Waals surface area contributed by atoms with Gasteiger partial charge >= 0.3 is 12.0 Å². The molecule has 2 N–H and O–H groups in total. The maximum atomic E-state index is 12.3. The lowest BCUT2D eigenvalue weighted by atomic mass is 10.0. The molecular weight excluding hydrogens is 236 g/mol. The third kappa shape index (κ3) is 2.75. The number of rotatable bonds is 3. The van der Waals surface area contributed by atoms with Crippen LogP contribution < -0.4 is 0 Å². The highest BCUT2D eigenvalue weighted by Crippen LogP contribution is 2.24. The number of aliphatic hydroxyl groups is 1. The maximum absolute atomic E-state index is 12.3. The van der Waals surface area contributed by atoms with E-state index in [1.807, 2.05) is 20.8 Å². The minimum atomic E-state index is -1.07. The van der Waals surface area contributed by atoms with E-state index in [0.29, 0.717) is 0 Å². The van der Waals surface area contributed by atoms with Gasteiger partial charge in [-0.15, -0.1) is 0 Å². The normalized spacial score (nSPS) is 24.2. The molecule has 0 radical (unpaired) electrons. The number of likely N-dealkylation sites (tertiary alicyclic amines) is 1. The molecule has 0 saturated carbocycles. The van der Waals surface area contributed by atoms with Gasteiger partial charge in [-0.05, 0) is 20.3 Å². The van der Waals surface area contributed by atoms with Crippen molar-refractivity contribution in [1.82, 2.24) is 9.80 Å². The van der Waals surface area contributed by atoms with Gasteiger partial charge in [-0.3, -0.25) is 0 Å². The fourth-order valence-corrected chi connectivity index (χ4v) is 1.95. The van der Waals surface area contributed by atoms with Gasteiger partial charge in [-0.1, -0.05) is 6.92 Å². The molecule has 104 valence electrons. The van der Waals surface area contributed by atoms with E-state index >= 15 is 0 Å². The Morgan fingerprint density at radius 3 is 2.44 bits per heavy atom. The van der Waals surface area contributed by atoms with Crippen LogP contribution >= 0.6 is 0 Å². The molecule has 6 heteroatoms. The molecule has 0 aliphatic carbocycles. The standard InChI is InChI=1S/C12H22N2O4/c1-5-12(2,3)13(4)11(18)14-7-8(15)6-9(14)10(16)17/h8-9,15H,5-7H2,1-4H3,(H,16,17)/t8-,9+/m1/s1. The Kier molecular flexibility index (Phi) is 4.21. The first kappa shape index (κ1) is 14.8. The van der Waals surface area contributed by atoms with Gasteiger partial charge in [0.15, 0.2) is 0 Å². The number of urea groups is 1. The summed E-state index contributed by atoms with van der Waals surface area (Å²) < 4.78 is 0. The van der Waals surface area contributed by atoms with Crippen LogP contribution in [0.1, 0.15) is 33.6 Å². The summed E-state index contributed by atoms with van der Waals surface area (Å²) in [4.78, 5) is 26.2. The first-order chi connectivity index (χ1) is 8.20. The van der Waals surface area contributed by atoms with Crippen LogP contribution in [0.2, 0.25) is 0 Å². The highest BCUT2D eigenvalue weighted by atomic mass is 16.4. The van der Waals surface area contributed by atoms with Gasteiger partial charge in [0.05, 0.1) is 6.10 Å². The summed E-state index contributed by atoms with van der Waals surface area (Å²) >= 11 is 0. The summed E-state index contributed by atoms with van der Waals surface area (Å²) in [7, 11) is 1.66. The van der Waals surface area contributed by atoms with Crippen LogP contribution in [-0.2, 0) is 4.79 Å². The lowest BCUT2D eigenvalue weighted by Gasteiger charge is -2.38. The molecule has 0 aromatic carbocycles. The van der Waals surface area contributed by atoms with E-state index in [9.17, 15) is 14.7 Å². The molecule has 1 fully saturated rings. The van der Waals surface area contributed by atoms with Gasteiger partial charge in [-0.25, -0.2) is 9.59 Å². The van der Waals surface area contributed by atoms with Crippen LogP contribution in [0, 0.1) is 0 Å². The first-order valence-corrected chi connectivity index (χ1v) is 6.16. The van der Waals surface area contributed by atoms with Crippen molar-refractivity contribution in [2.45, 2.75) is 51.3 Å². The van der Waals surface area contributed by atoms with Crippen LogP contribution in [0.15, 0.2) is 0 Å². The molecule has 0 unspecified atom stereocenters. The van der Waals surface area contributed by atoms with Gasteiger partial charge < -0.3 is 20.0 Å². The third-order valence-electron chi connectivity index (χ3n) is 3.87. The van der Waals surface area contributed by atoms with Crippen molar-refractivity contribution >= 4 is 12.0 Å². The molecule has 18 heavy (non-hydrogen) atoms. The first-order valence-electron chi connectivity index (χ1n) is 6.16. The predicted octanol–water partition coefficient (Wildman–Crippen LogP) is 0.747. The van der Waals surface area contributed by atoms with Crippen molar-refractivity contribution in [2.75, 3.05) is 13.6 Å². The number of β-amino-alcohol motifs (C(OH)–C–C–N with tert-alkyl or cyclic N) is 1. The molecule has 1 saturated heterocycles.